The van der Waals surface area contributed by atoms with Crippen molar-refractivity contribution in [2.45, 2.75) is 25.4 Å². The number of amides is 3. The summed E-state index contributed by atoms with van der Waals surface area (Å²) in [6.07, 6.45) is 1.74. The summed E-state index contributed by atoms with van der Waals surface area (Å²) in [6, 6.07) is 12.3. The number of rotatable bonds is 7. The van der Waals surface area contributed by atoms with Crippen LogP contribution < -0.4 is 11.0 Å². The molecule has 1 aromatic heterocycles. The van der Waals surface area contributed by atoms with E-state index < -0.39 is 24.3 Å². The minimum absolute atomic E-state index is 0.0646. The number of nitrogens with zero attached hydrogens (tertiary/aromatic N) is 4. The van der Waals surface area contributed by atoms with Gasteiger partial charge >= 0.3 is 5.69 Å². The van der Waals surface area contributed by atoms with Crippen molar-refractivity contribution in [3.8, 4) is 11.4 Å². The predicted molar refractivity (Wildman–Crippen MR) is 115 cm³/mol. The fourth-order valence-electron chi connectivity index (χ4n) is 3.91. The normalized spacial score (nSPS) is 15.1. The molecule has 168 valence electrons. The molecule has 0 bridgehead atoms. The Morgan fingerprint density at radius 2 is 1.64 bits per heavy atom. The summed E-state index contributed by atoms with van der Waals surface area (Å²) in [7, 11) is 0. The van der Waals surface area contributed by atoms with E-state index in [1.807, 2.05) is 0 Å². The molecule has 5 rings (SSSR count). The van der Waals surface area contributed by atoms with Gasteiger partial charge in [-0.05, 0) is 49.2 Å². The van der Waals surface area contributed by atoms with Crippen molar-refractivity contribution in [1.29, 1.82) is 0 Å². The maximum absolute atomic E-state index is 13.3. The number of benzene rings is 2. The largest absolute Gasteiger partial charge is 0.353 e. The molecule has 1 saturated carbocycles. The highest BCUT2D eigenvalue weighted by Crippen LogP contribution is 2.36. The molecule has 1 aliphatic heterocycles. The smallest absolute Gasteiger partial charge is 0.346 e. The standard InChI is InChI=1S/C23H20FN5O4/c24-15-7-5-14(6-8-15)20-26-28(23(33)29(20)16-9-10-16)12-11-25-19(30)13-27-21(31)17-3-1-2-4-18(17)22(27)32/h1-8,16H,9-13H2,(H,25,30). The number of halogens is 1. The van der Waals surface area contributed by atoms with Crippen LogP contribution in [-0.2, 0) is 11.3 Å². The summed E-state index contributed by atoms with van der Waals surface area (Å²) in [4.78, 5) is 50.9. The fraction of sp³-hybridized carbons (Fsp3) is 0.261. The van der Waals surface area contributed by atoms with Crippen LogP contribution >= 0.6 is 0 Å². The molecular weight excluding hydrogens is 429 g/mol. The van der Waals surface area contributed by atoms with Gasteiger partial charge in [0, 0.05) is 18.2 Å². The van der Waals surface area contributed by atoms with E-state index in [0.717, 1.165) is 17.7 Å². The molecule has 3 aromatic rings. The Morgan fingerprint density at radius 1 is 1.00 bits per heavy atom. The minimum atomic E-state index is -0.516. The van der Waals surface area contributed by atoms with Gasteiger partial charge in [0.2, 0.25) is 5.91 Å². The van der Waals surface area contributed by atoms with E-state index in [2.05, 4.69) is 10.4 Å². The molecule has 0 radical (unpaired) electrons. The lowest BCUT2D eigenvalue weighted by molar-refractivity contribution is -0.121. The molecule has 2 aromatic carbocycles. The SMILES string of the molecule is O=C(CN1C(=O)c2ccccc2C1=O)NCCn1nc(-c2ccc(F)cc2)n(C2CC2)c1=O. The molecule has 9 nitrogen and oxygen atoms in total. The molecule has 0 unspecified atom stereocenters. The van der Waals surface area contributed by atoms with Crippen molar-refractivity contribution in [1.82, 2.24) is 24.6 Å². The zero-order chi connectivity index (χ0) is 23.1. The highest BCUT2D eigenvalue weighted by molar-refractivity contribution is 6.22. The summed E-state index contributed by atoms with van der Waals surface area (Å²) in [6.45, 7) is -0.203. The van der Waals surface area contributed by atoms with Crippen molar-refractivity contribution in [3.63, 3.8) is 0 Å². The Hall–Kier alpha value is -4.08. The van der Waals surface area contributed by atoms with Crippen molar-refractivity contribution < 1.29 is 18.8 Å². The average Bonchev–Trinajstić information content (AvgIpc) is 3.56. The lowest BCUT2D eigenvalue weighted by Gasteiger charge is -2.13. The third-order valence-corrected chi connectivity index (χ3v) is 5.71. The Bertz CT molecular complexity index is 1290. The van der Waals surface area contributed by atoms with Crippen LogP contribution in [0.1, 0.15) is 39.6 Å². The van der Waals surface area contributed by atoms with Crippen LogP contribution in [0.25, 0.3) is 11.4 Å². The first kappa shape index (κ1) is 20.8. The van der Waals surface area contributed by atoms with Crippen LogP contribution in [-0.4, -0.2) is 50.1 Å². The molecule has 0 saturated heterocycles. The van der Waals surface area contributed by atoms with Crippen LogP contribution in [0.2, 0.25) is 0 Å². The number of carbonyl (C=O) groups is 3. The molecule has 0 atom stereocenters. The molecular formula is C23H20FN5O4. The van der Waals surface area contributed by atoms with Gasteiger partial charge in [0.1, 0.15) is 12.4 Å². The second kappa shape index (κ2) is 8.12. The van der Waals surface area contributed by atoms with Crippen molar-refractivity contribution in [3.05, 3.63) is 76.0 Å². The summed E-state index contributed by atoms with van der Waals surface area (Å²) in [5.41, 5.74) is 0.891. The molecule has 10 heteroatoms. The van der Waals surface area contributed by atoms with Gasteiger partial charge in [-0.15, -0.1) is 5.10 Å². The first-order valence-electron chi connectivity index (χ1n) is 10.6. The maximum atomic E-state index is 13.3. The zero-order valence-electron chi connectivity index (χ0n) is 17.5. The number of hydrogen-bond donors (Lipinski definition) is 1. The van der Waals surface area contributed by atoms with Crippen LogP contribution in [0, 0.1) is 5.82 Å². The second-order valence-electron chi connectivity index (χ2n) is 8.03. The third-order valence-electron chi connectivity index (χ3n) is 5.71. The Morgan fingerprint density at radius 3 is 2.24 bits per heavy atom. The number of aromatic nitrogens is 3. The summed E-state index contributed by atoms with van der Waals surface area (Å²) < 4.78 is 16.2. The van der Waals surface area contributed by atoms with Crippen LogP contribution in [0.3, 0.4) is 0 Å². The van der Waals surface area contributed by atoms with Crippen LogP contribution in [0.5, 0.6) is 0 Å². The fourth-order valence-corrected chi connectivity index (χ4v) is 3.91. The number of hydrogen-bond acceptors (Lipinski definition) is 5. The molecule has 3 amide bonds. The van der Waals surface area contributed by atoms with Gasteiger partial charge in [0.05, 0.1) is 17.7 Å². The summed E-state index contributed by atoms with van der Waals surface area (Å²) >= 11 is 0. The molecule has 1 N–H and O–H groups in total. The maximum Gasteiger partial charge on any atom is 0.346 e. The monoisotopic (exact) mass is 449 g/mol. The van der Waals surface area contributed by atoms with Crippen molar-refractivity contribution in [2.75, 3.05) is 13.1 Å². The van der Waals surface area contributed by atoms with Crippen LogP contribution in [0.4, 0.5) is 4.39 Å². The van der Waals surface area contributed by atoms with Gasteiger partial charge in [-0.1, -0.05) is 12.1 Å². The lowest BCUT2D eigenvalue weighted by Crippen LogP contribution is -2.41. The summed E-state index contributed by atoms with van der Waals surface area (Å²) in [5, 5.41) is 7.03. The third kappa shape index (κ3) is 3.84. The van der Waals surface area contributed by atoms with E-state index in [1.165, 1.54) is 16.8 Å². The van der Waals surface area contributed by atoms with E-state index in [4.69, 9.17) is 0 Å². The zero-order valence-corrected chi connectivity index (χ0v) is 17.5. The number of carbonyl (C=O) groups excluding carboxylic acids is 3. The first-order valence-corrected chi connectivity index (χ1v) is 10.6. The van der Waals surface area contributed by atoms with Gasteiger partial charge < -0.3 is 5.32 Å². The number of imide groups is 1. The minimum Gasteiger partial charge on any atom is -0.353 e. The quantitative estimate of drug-likeness (QED) is 0.552. The molecule has 1 fully saturated rings. The van der Waals surface area contributed by atoms with Gasteiger partial charge in [0.25, 0.3) is 11.8 Å². The van der Waals surface area contributed by atoms with E-state index in [9.17, 15) is 23.6 Å². The highest BCUT2D eigenvalue weighted by Gasteiger charge is 2.36. The van der Waals surface area contributed by atoms with Gasteiger partial charge in [-0.2, -0.15) is 0 Å². The average molecular weight is 449 g/mol. The van der Waals surface area contributed by atoms with Gasteiger partial charge in [-0.25, -0.2) is 13.9 Å². The first-order chi connectivity index (χ1) is 15.9. The van der Waals surface area contributed by atoms with Gasteiger partial charge in [-0.3, -0.25) is 23.9 Å². The van der Waals surface area contributed by atoms with Crippen molar-refractivity contribution >= 4 is 17.7 Å². The van der Waals surface area contributed by atoms with Crippen molar-refractivity contribution in [2.24, 2.45) is 0 Å². The molecule has 1 aliphatic carbocycles. The van der Waals surface area contributed by atoms with Gasteiger partial charge in [0.15, 0.2) is 5.82 Å². The Labute approximate surface area is 187 Å². The van der Waals surface area contributed by atoms with E-state index in [0.29, 0.717) is 11.4 Å². The Balaban J connectivity index is 1.24. The molecule has 2 heterocycles. The highest BCUT2D eigenvalue weighted by atomic mass is 19.1. The summed E-state index contributed by atoms with van der Waals surface area (Å²) in [5.74, 6) is -1.44. The van der Waals surface area contributed by atoms with E-state index >= 15 is 0 Å². The molecule has 0 spiro atoms. The number of fused-ring (bicyclic) bond motifs is 1. The lowest BCUT2D eigenvalue weighted by atomic mass is 10.1. The molecule has 33 heavy (non-hydrogen) atoms. The van der Waals surface area contributed by atoms with E-state index in [-0.39, 0.29) is 41.8 Å². The van der Waals surface area contributed by atoms with E-state index in [1.54, 1.807) is 41.0 Å². The second-order valence-corrected chi connectivity index (χ2v) is 8.03. The predicted octanol–water partition coefficient (Wildman–Crippen LogP) is 1.60. The topological polar surface area (TPSA) is 106 Å². The Kier molecular flexibility index (Phi) is 5.12. The number of nitrogens with one attached hydrogen (secondary N) is 1. The molecule has 2 aliphatic rings. The van der Waals surface area contributed by atoms with Crippen LogP contribution in [0.15, 0.2) is 53.3 Å².